The van der Waals surface area contributed by atoms with Gasteiger partial charge in [-0.05, 0) is 6.42 Å². The minimum absolute atomic E-state index is 0.0123. The van der Waals surface area contributed by atoms with Crippen LogP contribution in [0.4, 0.5) is 0 Å². The Bertz CT molecular complexity index is 346. The molecule has 0 aliphatic heterocycles. The Kier molecular flexibility index (Phi) is 6.91. The van der Waals surface area contributed by atoms with Crippen LogP contribution < -0.4 is 5.32 Å². The van der Waals surface area contributed by atoms with Gasteiger partial charge in [0.2, 0.25) is 5.91 Å². The molecule has 108 valence electrons. The van der Waals surface area contributed by atoms with E-state index in [4.69, 9.17) is 4.74 Å². The first-order chi connectivity index (χ1) is 9.00. The van der Waals surface area contributed by atoms with Crippen LogP contribution in [-0.2, 0) is 19.1 Å². The van der Waals surface area contributed by atoms with Gasteiger partial charge >= 0.3 is 5.97 Å². The highest BCUT2D eigenvalue weighted by Crippen LogP contribution is 2.31. The zero-order valence-electron chi connectivity index (χ0n) is 11.4. The molecule has 0 bridgehead atoms. The number of ether oxygens (including phenoxy) is 1. The minimum atomic E-state index is -0.295. The normalized spacial score (nSPS) is 22.3. The number of hydrogen-bond donors (Lipinski definition) is 1. The Morgan fingerprint density at radius 1 is 1.42 bits per heavy atom. The summed E-state index contributed by atoms with van der Waals surface area (Å²) >= 11 is 1.66. The van der Waals surface area contributed by atoms with Crippen molar-refractivity contribution < 1.29 is 19.1 Å². The molecule has 5 nitrogen and oxygen atoms in total. The molecule has 0 unspecified atom stereocenters. The van der Waals surface area contributed by atoms with Gasteiger partial charge < -0.3 is 10.1 Å². The Hall–Kier alpha value is -1.04. The smallest absolute Gasteiger partial charge is 0.302 e. The van der Waals surface area contributed by atoms with Crippen LogP contribution in [0, 0.1) is 11.8 Å². The van der Waals surface area contributed by atoms with Gasteiger partial charge in [0, 0.05) is 50.2 Å². The molecular weight excluding hydrogens is 266 g/mol. The maximum Gasteiger partial charge on any atom is 0.302 e. The lowest BCUT2D eigenvalue weighted by molar-refractivity contribution is -0.143. The second-order valence-electron chi connectivity index (χ2n) is 4.73. The highest BCUT2D eigenvalue weighted by molar-refractivity contribution is 7.99. The number of rotatable bonds is 7. The molecule has 1 N–H and O–H groups in total. The molecule has 1 saturated carbocycles. The molecule has 0 saturated heterocycles. The monoisotopic (exact) mass is 287 g/mol. The summed E-state index contributed by atoms with van der Waals surface area (Å²) in [5, 5.41) is 2.72. The van der Waals surface area contributed by atoms with Crippen molar-refractivity contribution in [1.29, 1.82) is 0 Å². The lowest BCUT2D eigenvalue weighted by Gasteiger charge is -2.17. The molecule has 0 spiro atoms. The van der Waals surface area contributed by atoms with Crippen LogP contribution in [0.1, 0.15) is 26.7 Å². The zero-order chi connectivity index (χ0) is 14.3. The Morgan fingerprint density at radius 3 is 2.79 bits per heavy atom. The summed E-state index contributed by atoms with van der Waals surface area (Å²) in [6.07, 6.45) is 1.39. The van der Waals surface area contributed by atoms with Crippen molar-refractivity contribution in [3.8, 4) is 0 Å². The molecular formula is C13H21NO4S. The van der Waals surface area contributed by atoms with E-state index in [1.54, 1.807) is 11.8 Å². The lowest BCUT2D eigenvalue weighted by atomic mass is 9.98. The summed E-state index contributed by atoms with van der Waals surface area (Å²) in [6, 6.07) is 0. The van der Waals surface area contributed by atoms with Gasteiger partial charge in [-0.15, -0.1) is 0 Å². The van der Waals surface area contributed by atoms with Crippen molar-refractivity contribution in [2.24, 2.45) is 11.8 Å². The van der Waals surface area contributed by atoms with E-state index in [0.717, 1.165) is 17.9 Å². The van der Waals surface area contributed by atoms with Crippen LogP contribution >= 0.6 is 11.8 Å². The second-order valence-corrected chi connectivity index (χ2v) is 5.88. The van der Waals surface area contributed by atoms with Gasteiger partial charge in [-0.1, -0.05) is 0 Å². The Morgan fingerprint density at radius 2 is 2.16 bits per heavy atom. The average Bonchev–Trinajstić information content (AvgIpc) is 2.67. The zero-order valence-corrected chi connectivity index (χ0v) is 12.3. The van der Waals surface area contributed by atoms with Gasteiger partial charge in [-0.2, -0.15) is 11.8 Å². The number of carbonyl (C=O) groups is 3. The highest BCUT2D eigenvalue weighted by Gasteiger charge is 2.34. The number of amides is 1. The molecule has 0 aromatic heterocycles. The predicted molar refractivity (Wildman–Crippen MR) is 73.9 cm³/mol. The molecule has 1 amide bonds. The highest BCUT2D eigenvalue weighted by atomic mass is 32.2. The van der Waals surface area contributed by atoms with E-state index in [2.05, 4.69) is 5.32 Å². The van der Waals surface area contributed by atoms with Gasteiger partial charge in [-0.3, -0.25) is 14.4 Å². The van der Waals surface area contributed by atoms with E-state index in [1.165, 1.54) is 13.8 Å². The molecule has 19 heavy (non-hydrogen) atoms. The first-order valence-corrected chi connectivity index (χ1v) is 7.64. The fourth-order valence-electron chi connectivity index (χ4n) is 2.14. The fourth-order valence-corrected chi connectivity index (χ4v) is 3.26. The Labute approximate surface area is 117 Å². The topological polar surface area (TPSA) is 72.5 Å². The van der Waals surface area contributed by atoms with Crippen LogP contribution in [0.3, 0.4) is 0 Å². The largest absolute Gasteiger partial charge is 0.466 e. The first kappa shape index (κ1) is 16.0. The van der Waals surface area contributed by atoms with E-state index < -0.39 is 0 Å². The van der Waals surface area contributed by atoms with Crippen molar-refractivity contribution in [1.82, 2.24) is 5.32 Å². The van der Waals surface area contributed by atoms with Gasteiger partial charge in [-0.25, -0.2) is 0 Å². The molecule has 1 fully saturated rings. The molecule has 1 rings (SSSR count). The van der Waals surface area contributed by atoms with Gasteiger partial charge in [0.25, 0.3) is 0 Å². The summed E-state index contributed by atoms with van der Waals surface area (Å²) in [7, 11) is 0. The first-order valence-electron chi connectivity index (χ1n) is 6.49. The third-order valence-corrected chi connectivity index (χ3v) is 4.25. The Balaban J connectivity index is 2.26. The fraction of sp³-hybridized carbons (Fsp3) is 0.769. The number of nitrogens with one attached hydrogen (secondary N) is 1. The number of carbonyl (C=O) groups excluding carboxylic acids is 3. The standard InChI is InChI=1S/C13H21NO4S/c1-9(15)14-5-6-19-8-12-11(3-4-13(12)17)7-18-10(2)16/h11-12H,3-8H2,1-2H3,(H,14,15)/t11-,12-/m0/s1. The van der Waals surface area contributed by atoms with Crippen molar-refractivity contribution in [3.05, 3.63) is 0 Å². The van der Waals surface area contributed by atoms with Crippen LogP contribution in [0.25, 0.3) is 0 Å². The molecule has 0 aromatic rings. The van der Waals surface area contributed by atoms with Crippen molar-refractivity contribution in [2.75, 3.05) is 24.7 Å². The van der Waals surface area contributed by atoms with Gasteiger partial charge in [0.15, 0.2) is 0 Å². The van der Waals surface area contributed by atoms with E-state index in [-0.39, 0.29) is 29.5 Å². The number of hydrogen-bond acceptors (Lipinski definition) is 5. The second kappa shape index (κ2) is 8.19. The summed E-state index contributed by atoms with van der Waals surface area (Å²) in [6.45, 7) is 3.84. The maximum absolute atomic E-state index is 11.8. The van der Waals surface area contributed by atoms with Crippen LogP contribution in [-0.4, -0.2) is 42.3 Å². The third-order valence-electron chi connectivity index (χ3n) is 3.16. The molecule has 0 heterocycles. The molecule has 1 aliphatic carbocycles. The average molecular weight is 287 g/mol. The van der Waals surface area contributed by atoms with Crippen molar-refractivity contribution >= 4 is 29.4 Å². The summed E-state index contributed by atoms with van der Waals surface area (Å²) in [4.78, 5) is 33.3. The summed E-state index contributed by atoms with van der Waals surface area (Å²) in [5.41, 5.74) is 0. The van der Waals surface area contributed by atoms with E-state index in [9.17, 15) is 14.4 Å². The maximum atomic E-state index is 11.8. The number of esters is 1. The molecule has 0 aromatic carbocycles. The SMILES string of the molecule is CC(=O)NCCSC[C@@H]1C(=O)CC[C@H]1COC(C)=O. The van der Waals surface area contributed by atoms with Gasteiger partial charge in [0.05, 0.1) is 6.61 Å². The van der Waals surface area contributed by atoms with E-state index in [0.29, 0.717) is 19.6 Å². The van der Waals surface area contributed by atoms with Crippen molar-refractivity contribution in [2.45, 2.75) is 26.7 Å². The quantitative estimate of drug-likeness (QED) is 0.559. The minimum Gasteiger partial charge on any atom is -0.466 e. The molecule has 0 radical (unpaired) electrons. The number of ketones is 1. The molecule has 1 aliphatic rings. The lowest BCUT2D eigenvalue weighted by Crippen LogP contribution is -2.25. The van der Waals surface area contributed by atoms with Crippen LogP contribution in [0.15, 0.2) is 0 Å². The summed E-state index contributed by atoms with van der Waals surface area (Å²) < 4.78 is 5.01. The predicted octanol–water partition coefficient (Wildman–Crippen LogP) is 1.01. The van der Waals surface area contributed by atoms with Gasteiger partial charge in [0.1, 0.15) is 5.78 Å². The summed E-state index contributed by atoms with van der Waals surface area (Å²) in [5.74, 6) is 1.62. The van der Waals surface area contributed by atoms with Crippen LogP contribution in [0.5, 0.6) is 0 Å². The number of Topliss-reactive ketones (excluding diaryl/α,β-unsaturated/α-hetero) is 1. The third kappa shape index (κ3) is 6.09. The van der Waals surface area contributed by atoms with Crippen LogP contribution in [0.2, 0.25) is 0 Å². The number of thioether (sulfide) groups is 1. The van der Waals surface area contributed by atoms with E-state index >= 15 is 0 Å². The molecule has 6 heteroatoms. The van der Waals surface area contributed by atoms with Crippen molar-refractivity contribution in [3.63, 3.8) is 0 Å². The van der Waals surface area contributed by atoms with E-state index in [1.807, 2.05) is 0 Å². The molecule has 2 atom stereocenters.